The van der Waals surface area contributed by atoms with Gasteiger partial charge in [0.15, 0.2) is 0 Å². The van der Waals surface area contributed by atoms with Crippen LogP contribution in [0.5, 0.6) is 0 Å². The number of likely N-dealkylation sites (tertiary alicyclic amines) is 1. The lowest BCUT2D eigenvalue weighted by molar-refractivity contribution is -0.164. The van der Waals surface area contributed by atoms with Crippen molar-refractivity contribution in [2.45, 2.75) is 38.8 Å². The van der Waals surface area contributed by atoms with Crippen molar-refractivity contribution in [3.63, 3.8) is 0 Å². The maximum atomic E-state index is 11.7. The lowest BCUT2D eigenvalue weighted by atomic mass is 9.74. The number of carboxylic acids is 1. The van der Waals surface area contributed by atoms with E-state index < -0.39 is 17.5 Å². The highest BCUT2D eigenvalue weighted by Gasteiger charge is 2.48. The van der Waals surface area contributed by atoms with Crippen molar-refractivity contribution in [1.82, 2.24) is 19.7 Å². The number of aliphatic hydroxyl groups excluding tert-OH is 1. The molecule has 2 rings (SSSR count). The smallest absolute Gasteiger partial charge is 0.313 e. The zero-order valence-corrected chi connectivity index (χ0v) is 12.0. The molecule has 0 spiro atoms. The molecule has 1 saturated heterocycles. The first kappa shape index (κ1) is 14.9. The third-order valence-corrected chi connectivity index (χ3v) is 4.15. The highest BCUT2D eigenvalue weighted by atomic mass is 16.4. The molecule has 1 aliphatic heterocycles. The molecule has 1 aliphatic rings. The second kappa shape index (κ2) is 5.88. The normalized spacial score (nSPS) is 27.6. The van der Waals surface area contributed by atoms with E-state index in [9.17, 15) is 15.0 Å². The van der Waals surface area contributed by atoms with Crippen LogP contribution in [-0.4, -0.2) is 55.0 Å². The third kappa shape index (κ3) is 2.69. The van der Waals surface area contributed by atoms with E-state index >= 15 is 0 Å². The molecule has 2 heterocycles. The molecule has 0 unspecified atom stereocenters. The van der Waals surface area contributed by atoms with Gasteiger partial charge in [-0.1, -0.05) is 13.3 Å². The summed E-state index contributed by atoms with van der Waals surface area (Å²) in [5.74, 6) is -0.105. The Morgan fingerprint density at radius 1 is 1.60 bits per heavy atom. The summed E-state index contributed by atoms with van der Waals surface area (Å²) in [4.78, 5) is 13.7. The van der Waals surface area contributed by atoms with E-state index in [1.54, 1.807) is 6.33 Å². The van der Waals surface area contributed by atoms with E-state index in [4.69, 9.17) is 0 Å². The highest BCUT2D eigenvalue weighted by Crippen LogP contribution is 2.35. The average Bonchev–Trinajstić information content (AvgIpc) is 2.79. The second-order valence-corrected chi connectivity index (χ2v) is 5.58. The van der Waals surface area contributed by atoms with Gasteiger partial charge >= 0.3 is 5.97 Å². The number of carbonyl (C=O) groups is 1. The summed E-state index contributed by atoms with van der Waals surface area (Å²) >= 11 is 0. The maximum Gasteiger partial charge on any atom is 0.313 e. The summed E-state index contributed by atoms with van der Waals surface area (Å²) in [7, 11) is 1.87. The molecule has 1 aromatic heterocycles. The van der Waals surface area contributed by atoms with Crippen LogP contribution < -0.4 is 0 Å². The number of aliphatic carboxylic acids is 1. The summed E-state index contributed by atoms with van der Waals surface area (Å²) < 4.78 is 1.83. The van der Waals surface area contributed by atoms with Crippen LogP contribution in [0, 0.1) is 5.41 Å². The Morgan fingerprint density at radius 3 is 2.90 bits per heavy atom. The average molecular weight is 282 g/mol. The predicted molar refractivity (Wildman–Crippen MR) is 71.9 cm³/mol. The molecule has 7 nitrogen and oxygen atoms in total. The Balaban J connectivity index is 2.14. The summed E-state index contributed by atoms with van der Waals surface area (Å²) in [5.41, 5.74) is -1.06. The SMILES string of the molecule is CCC[C@@]1(C(=O)O)CN(Cc2nncn2C)CC[C@H]1O. The van der Waals surface area contributed by atoms with Crippen LogP contribution in [0.25, 0.3) is 0 Å². The van der Waals surface area contributed by atoms with E-state index in [2.05, 4.69) is 10.2 Å². The van der Waals surface area contributed by atoms with Crippen LogP contribution in [0.4, 0.5) is 0 Å². The number of piperidine rings is 1. The quantitative estimate of drug-likeness (QED) is 0.804. The molecule has 1 fully saturated rings. The molecule has 2 atom stereocenters. The zero-order valence-electron chi connectivity index (χ0n) is 12.0. The topological polar surface area (TPSA) is 91.5 Å². The van der Waals surface area contributed by atoms with Gasteiger partial charge in [-0.05, 0) is 12.8 Å². The van der Waals surface area contributed by atoms with Gasteiger partial charge in [-0.15, -0.1) is 10.2 Å². The van der Waals surface area contributed by atoms with Crippen molar-refractivity contribution >= 4 is 5.97 Å². The first-order valence-corrected chi connectivity index (χ1v) is 6.96. The minimum atomic E-state index is -1.06. The molecule has 0 bridgehead atoms. The van der Waals surface area contributed by atoms with E-state index in [0.29, 0.717) is 32.5 Å². The van der Waals surface area contributed by atoms with Gasteiger partial charge in [0, 0.05) is 20.1 Å². The summed E-state index contributed by atoms with van der Waals surface area (Å²) in [6.45, 7) is 3.53. The van der Waals surface area contributed by atoms with Crippen LogP contribution in [0.15, 0.2) is 6.33 Å². The van der Waals surface area contributed by atoms with Crippen molar-refractivity contribution < 1.29 is 15.0 Å². The number of aliphatic hydroxyl groups is 1. The Hall–Kier alpha value is -1.47. The molecular formula is C13H22N4O3. The van der Waals surface area contributed by atoms with E-state index in [0.717, 1.165) is 12.2 Å². The number of hydrogen-bond acceptors (Lipinski definition) is 5. The fourth-order valence-corrected chi connectivity index (χ4v) is 2.96. The molecule has 0 amide bonds. The fraction of sp³-hybridized carbons (Fsp3) is 0.769. The van der Waals surface area contributed by atoms with Gasteiger partial charge in [-0.2, -0.15) is 0 Å². The maximum absolute atomic E-state index is 11.7. The Morgan fingerprint density at radius 2 is 2.35 bits per heavy atom. The molecule has 112 valence electrons. The fourth-order valence-electron chi connectivity index (χ4n) is 2.96. The van der Waals surface area contributed by atoms with Gasteiger partial charge in [0.05, 0.1) is 12.6 Å². The molecule has 7 heteroatoms. The van der Waals surface area contributed by atoms with Crippen LogP contribution in [0.3, 0.4) is 0 Å². The minimum Gasteiger partial charge on any atom is -0.481 e. The van der Waals surface area contributed by atoms with Crippen molar-refractivity contribution in [3.05, 3.63) is 12.2 Å². The monoisotopic (exact) mass is 282 g/mol. The van der Waals surface area contributed by atoms with Crippen LogP contribution in [0.1, 0.15) is 32.0 Å². The molecule has 20 heavy (non-hydrogen) atoms. The highest BCUT2D eigenvalue weighted by molar-refractivity contribution is 5.76. The Labute approximate surface area is 118 Å². The molecule has 1 aromatic rings. The first-order valence-electron chi connectivity index (χ1n) is 6.96. The number of aryl methyl sites for hydroxylation is 1. The van der Waals surface area contributed by atoms with Gasteiger partial charge in [0.1, 0.15) is 17.6 Å². The molecule has 0 radical (unpaired) electrons. The van der Waals surface area contributed by atoms with Gasteiger partial charge in [-0.3, -0.25) is 9.69 Å². The molecule has 0 saturated carbocycles. The largest absolute Gasteiger partial charge is 0.481 e. The van der Waals surface area contributed by atoms with Crippen molar-refractivity contribution in [2.75, 3.05) is 13.1 Å². The summed E-state index contributed by atoms with van der Waals surface area (Å²) in [6, 6.07) is 0. The van der Waals surface area contributed by atoms with Crippen molar-refractivity contribution in [1.29, 1.82) is 0 Å². The first-order chi connectivity index (χ1) is 9.49. The summed E-state index contributed by atoms with van der Waals surface area (Å²) in [6.07, 6.45) is 2.55. The number of hydrogen-bond donors (Lipinski definition) is 2. The van der Waals surface area contributed by atoms with E-state index in [1.165, 1.54) is 0 Å². The van der Waals surface area contributed by atoms with Gasteiger partial charge < -0.3 is 14.8 Å². The lowest BCUT2D eigenvalue weighted by Crippen LogP contribution is -2.55. The van der Waals surface area contributed by atoms with Gasteiger partial charge in [0.25, 0.3) is 0 Å². The van der Waals surface area contributed by atoms with Crippen LogP contribution in [0.2, 0.25) is 0 Å². The number of carboxylic acid groups (broad SMARTS) is 1. The number of rotatable bonds is 5. The minimum absolute atomic E-state index is 0.351. The van der Waals surface area contributed by atoms with Crippen LogP contribution in [-0.2, 0) is 18.4 Å². The van der Waals surface area contributed by atoms with E-state index in [1.807, 2.05) is 23.4 Å². The Bertz CT molecular complexity index is 476. The van der Waals surface area contributed by atoms with Gasteiger partial charge in [-0.25, -0.2) is 0 Å². The summed E-state index contributed by atoms with van der Waals surface area (Å²) in [5, 5.41) is 27.6. The molecule has 2 N–H and O–H groups in total. The number of nitrogens with zero attached hydrogens (tertiary/aromatic N) is 4. The van der Waals surface area contributed by atoms with Crippen LogP contribution >= 0.6 is 0 Å². The predicted octanol–water partition coefficient (Wildman–Crippen LogP) is 0.253. The van der Waals surface area contributed by atoms with Crippen molar-refractivity contribution in [3.8, 4) is 0 Å². The Kier molecular flexibility index (Phi) is 4.39. The molecular weight excluding hydrogens is 260 g/mol. The second-order valence-electron chi connectivity index (χ2n) is 5.58. The number of aromatic nitrogens is 3. The van der Waals surface area contributed by atoms with E-state index in [-0.39, 0.29) is 0 Å². The third-order valence-electron chi connectivity index (χ3n) is 4.15. The van der Waals surface area contributed by atoms with Crippen molar-refractivity contribution in [2.24, 2.45) is 12.5 Å². The molecule has 0 aliphatic carbocycles. The lowest BCUT2D eigenvalue weighted by Gasteiger charge is -2.43. The zero-order chi connectivity index (χ0) is 14.8. The standard InChI is InChI=1S/C13H22N4O3/c1-3-5-13(12(19)20)8-17(6-4-10(13)18)7-11-15-14-9-16(11)2/h9-10,18H,3-8H2,1-2H3,(H,19,20)/t10-,13-/m1/s1. The molecule has 0 aromatic carbocycles. The van der Waals surface area contributed by atoms with Gasteiger partial charge in [0.2, 0.25) is 0 Å².